The second-order valence-electron chi connectivity index (χ2n) is 3.44. The van der Waals surface area contributed by atoms with Gasteiger partial charge in [0.2, 0.25) is 0 Å². The summed E-state index contributed by atoms with van der Waals surface area (Å²) in [5, 5.41) is 0. The van der Waals surface area contributed by atoms with Crippen LogP contribution in [0.15, 0.2) is 0 Å². The molecule has 0 aliphatic carbocycles. The van der Waals surface area contributed by atoms with Gasteiger partial charge in [-0.3, -0.25) is 0 Å². The average molecular weight is 131 g/mol. The lowest BCUT2D eigenvalue weighted by atomic mass is 10.1. The van der Waals surface area contributed by atoms with Crippen molar-refractivity contribution in [2.45, 2.75) is 19.3 Å². The molecule has 1 fully saturated rings. The molecule has 0 amide bonds. The molecule has 9 heavy (non-hydrogen) atoms. The van der Waals surface area contributed by atoms with Crippen molar-refractivity contribution in [3.63, 3.8) is 0 Å². The first-order valence-electron chi connectivity index (χ1n) is 3.53. The third-order valence-electron chi connectivity index (χ3n) is 2.03. The monoisotopic (exact) mass is 131 g/mol. The summed E-state index contributed by atoms with van der Waals surface area (Å²) < 4.78 is 1.25. The minimum Gasteiger partial charge on any atom is -0.344 e. The van der Waals surface area contributed by atoms with Crippen molar-refractivity contribution in [2.75, 3.05) is 27.2 Å². The van der Waals surface area contributed by atoms with Crippen LogP contribution in [0.1, 0.15) is 19.3 Å². The summed E-state index contributed by atoms with van der Waals surface area (Å²) in [6, 6.07) is 0. The molecule has 0 atom stereocenters. The molecular formula is C7H19N2+. The Kier molecular flexibility index (Phi) is 3.15. The Morgan fingerprint density at radius 1 is 0.889 bits per heavy atom. The van der Waals surface area contributed by atoms with Gasteiger partial charge in [0.1, 0.15) is 0 Å². The number of hydrogen-bond acceptors (Lipinski definition) is 1. The first kappa shape index (κ1) is 8.92. The summed E-state index contributed by atoms with van der Waals surface area (Å²) in [5.74, 6) is 0. The third kappa shape index (κ3) is 2.82. The van der Waals surface area contributed by atoms with E-state index in [1.54, 1.807) is 0 Å². The van der Waals surface area contributed by atoms with Crippen LogP contribution in [-0.2, 0) is 0 Å². The summed E-state index contributed by atoms with van der Waals surface area (Å²) in [6.45, 7) is 2.78. The van der Waals surface area contributed by atoms with Gasteiger partial charge in [-0.25, -0.2) is 0 Å². The largest absolute Gasteiger partial charge is 0.344 e. The fraction of sp³-hybridized carbons (Fsp3) is 1.00. The van der Waals surface area contributed by atoms with Gasteiger partial charge in [-0.05, 0) is 19.3 Å². The van der Waals surface area contributed by atoms with E-state index in [0.29, 0.717) is 0 Å². The summed E-state index contributed by atoms with van der Waals surface area (Å²) in [5.41, 5.74) is 0. The van der Waals surface area contributed by atoms with Gasteiger partial charge in [-0.15, -0.1) is 0 Å². The Balaban J connectivity index is 0.000000640. The molecule has 0 saturated carbocycles. The topological polar surface area (TPSA) is 35.0 Å². The predicted molar refractivity (Wildman–Crippen MR) is 40.7 cm³/mol. The van der Waals surface area contributed by atoms with Crippen molar-refractivity contribution in [2.24, 2.45) is 0 Å². The van der Waals surface area contributed by atoms with Gasteiger partial charge in [0.25, 0.3) is 0 Å². The van der Waals surface area contributed by atoms with E-state index in [0.717, 1.165) is 0 Å². The molecule has 0 spiro atoms. The highest BCUT2D eigenvalue weighted by molar-refractivity contribution is 4.47. The molecule has 0 aromatic heterocycles. The highest BCUT2D eigenvalue weighted by Crippen LogP contribution is 2.11. The lowest BCUT2D eigenvalue weighted by molar-refractivity contribution is -0.894. The van der Waals surface area contributed by atoms with E-state index in [1.165, 1.54) is 36.8 Å². The maximum atomic E-state index is 2.32. The lowest BCUT2D eigenvalue weighted by Crippen LogP contribution is -2.43. The maximum Gasteiger partial charge on any atom is 0.0782 e. The second kappa shape index (κ2) is 3.18. The molecule has 0 aromatic carbocycles. The summed E-state index contributed by atoms with van der Waals surface area (Å²) in [4.78, 5) is 0. The zero-order valence-corrected chi connectivity index (χ0v) is 6.69. The van der Waals surface area contributed by atoms with Crippen LogP contribution in [0.25, 0.3) is 0 Å². The Morgan fingerprint density at radius 3 is 1.56 bits per heavy atom. The molecule has 0 bridgehead atoms. The van der Waals surface area contributed by atoms with Crippen LogP contribution in [0.3, 0.4) is 0 Å². The van der Waals surface area contributed by atoms with E-state index in [2.05, 4.69) is 14.1 Å². The fourth-order valence-corrected chi connectivity index (χ4v) is 1.37. The Morgan fingerprint density at radius 2 is 1.33 bits per heavy atom. The van der Waals surface area contributed by atoms with Gasteiger partial charge in [0.05, 0.1) is 27.2 Å². The highest BCUT2D eigenvalue weighted by Gasteiger charge is 2.17. The van der Waals surface area contributed by atoms with Gasteiger partial charge in [-0.1, -0.05) is 0 Å². The number of piperidine rings is 1. The molecule has 1 aliphatic rings. The minimum absolute atomic E-state index is 0. The Bertz CT molecular complexity index is 71.0. The van der Waals surface area contributed by atoms with E-state index < -0.39 is 0 Å². The minimum atomic E-state index is 0. The normalized spacial score (nSPS) is 24.7. The van der Waals surface area contributed by atoms with Gasteiger partial charge < -0.3 is 10.6 Å². The summed E-state index contributed by atoms with van der Waals surface area (Å²) >= 11 is 0. The first-order chi connectivity index (χ1) is 3.71. The maximum absolute atomic E-state index is 2.32. The molecule has 2 nitrogen and oxygen atoms in total. The molecular weight excluding hydrogens is 112 g/mol. The Labute approximate surface area is 58.0 Å². The highest BCUT2D eigenvalue weighted by atomic mass is 15.3. The van der Waals surface area contributed by atoms with Gasteiger partial charge >= 0.3 is 0 Å². The van der Waals surface area contributed by atoms with E-state index in [-0.39, 0.29) is 6.15 Å². The van der Waals surface area contributed by atoms with E-state index in [4.69, 9.17) is 0 Å². The van der Waals surface area contributed by atoms with Gasteiger partial charge in [0, 0.05) is 0 Å². The molecule has 3 N–H and O–H groups in total. The van der Waals surface area contributed by atoms with Crippen molar-refractivity contribution in [1.29, 1.82) is 0 Å². The molecule has 0 radical (unpaired) electrons. The van der Waals surface area contributed by atoms with Gasteiger partial charge in [0.15, 0.2) is 0 Å². The first-order valence-corrected chi connectivity index (χ1v) is 3.53. The number of rotatable bonds is 0. The van der Waals surface area contributed by atoms with Crippen LogP contribution in [-0.4, -0.2) is 31.7 Å². The number of likely N-dealkylation sites (tertiary alicyclic amines) is 1. The standard InChI is InChI=1S/C7H16N.H3N/c1-8(2)6-4-3-5-7-8;/h3-7H2,1-2H3;1H3/q+1;. The van der Waals surface area contributed by atoms with Crippen molar-refractivity contribution < 1.29 is 4.48 Å². The van der Waals surface area contributed by atoms with Crippen molar-refractivity contribution in [3.05, 3.63) is 0 Å². The molecule has 2 heteroatoms. The van der Waals surface area contributed by atoms with Crippen LogP contribution in [0.4, 0.5) is 0 Å². The predicted octanol–water partition coefficient (Wildman–Crippen LogP) is 1.41. The van der Waals surface area contributed by atoms with Crippen molar-refractivity contribution >= 4 is 0 Å². The number of nitrogens with zero attached hydrogens (tertiary/aromatic N) is 1. The second-order valence-corrected chi connectivity index (χ2v) is 3.44. The zero-order valence-electron chi connectivity index (χ0n) is 6.69. The SMILES string of the molecule is C[N+]1(C)CCCCC1.N. The van der Waals surface area contributed by atoms with Crippen molar-refractivity contribution in [3.8, 4) is 0 Å². The summed E-state index contributed by atoms with van der Waals surface area (Å²) in [7, 11) is 4.64. The van der Waals surface area contributed by atoms with Crippen molar-refractivity contribution in [1.82, 2.24) is 6.15 Å². The average Bonchev–Trinajstić information content (AvgIpc) is 1.65. The smallest absolute Gasteiger partial charge is 0.0782 e. The third-order valence-corrected chi connectivity index (χ3v) is 2.03. The molecule has 0 unspecified atom stereocenters. The molecule has 1 saturated heterocycles. The molecule has 1 rings (SSSR count). The van der Waals surface area contributed by atoms with Gasteiger partial charge in [-0.2, -0.15) is 0 Å². The molecule has 1 aliphatic heterocycles. The van der Waals surface area contributed by atoms with E-state index >= 15 is 0 Å². The Hall–Kier alpha value is -0.0800. The lowest BCUT2D eigenvalue weighted by Gasteiger charge is -2.33. The van der Waals surface area contributed by atoms with E-state index in [9.17, 15) is 0 Å². The van der Waals surface area contributed by atoms with Crippen LogP contribution in [0.5, 0.6) is 0 Å². The van der Waals surface area contributed by atoms with Crippen LogP contribution >= 0.6 is 0 Å². The van der Waals surface area contributed by atoms with Crippen LogP contribution in [0.2, 0.25) is 0 Å². The number of quaternary nitrogens is 1. The molecule has 1 heterocycles. The van der Waals surface area contributed by atoms with Crippen LogP contribution in [0, 0.1) is 0 Å². The number of hydrogen-bond donors (Lipinski definition) is 1. The molecule has 56 valence electrons. The molecule has 0 aromatic rings. The quantitative estimate of drug-likeness (QED) is 0.496. The zero-order chi connectivity index (χ0) is 6.04. The van der Waals surface area contributed by atoms with E-state index in [1.807, 2.05) is 0 Å². The fourth-order valence-electron chi connectivity index (χ4n) is 1.37. The summed E-state index contributed by atoms with van der Waals surface area (Å²) in [6.07, 6.45) is 4.34. The van der Waals surface area contributed by atoms with Crippen LogP contribution < -0.4 is 6.15 Å².